The van der Waals surface area contributed by atoms with Crippen LogP contribution in [-0.4, -0.2) is 117 Å². The summed E-state index contributed by atoms with van der Waals surface area (Å²) in [6, 6.07) is 0. The molecule has 0 aromatic heterocycles. The number of hydrogen-bond acceptors (Lipinski definition) is 11. The number of aliphatic hydroxyl groups is 7. The van der Waals surface area contributed by atoms with Gasteiger partial charge < -0.3 is 54.7 Å². The van der Waals surface area contributed by atoms with E-state index in [0.717, 1.165) is 25.7 Å². The molecule has 11 nitrogen and oxygen atoms in total. The summed E-state index contributed by atoms with van der Waals surface area (Å²) in [5.41, 5.74) is 0. The van der Waals surface area contributed by atoms with Gasteiger partial charge in [0.15, 0.2) is 12.6 Å². The van der Waals surface area contributed by atoms with Crippen molar-refractivity contribution >= 4 is 0 Å². The highest BCUT2D eigenvalue weighted by Crippen LogP contribution is 2.30. The third kappa shape index (κ3) is 6.55. The van der Waals surface area contributed by atoms with Gasteiger partial charge in [0.2, 0.25) is 0 Å². The molecule has 11 heteroatoms. The molecule has 2 rings (SSSR count). The number of aliphatic hydroxyl groups excluding tert-OH is 7. The van der Waals surface area contributed by atoms with Crippen LogP contribution in [0, 0.1) is 5.92 Å². The summed E-state index contributed by atoms with van der Waals surface area (Å²) in [5, 5.41) is 70.0. The molecule has 7 N–H and O–H groups in total. The summed E-state index contributed by atoms with van der Waals surface area (Å²) >= 11 is 0. The fraction of sp³-hybridized carbons (Fsp3) is 1.00. The lowest BCUT2D eigenvalue weighted by Gasteiger charge is -2.46. The molecule has 0 aromatic rings. The van der Waals surface area contributed by atoms with Crippen LogP contribution in [0.4, 0.5) is 0 Å². The number of hydrogen-bond donors (Lipinski definition) is 7. The zero-order valence-corrected chi connectivity index (χ0v) is 18.1. The minimum Gasteiger partial charge on any atom is -0.394 e. The molecule has 2 aliphatic heterocycles. The van der Waals surface area contributed by atoms with E-state index in [9.17, 15) is 35.7 Å². The largest absolute Gasteiger partial charge is 0.394 e. The van der Waals surface area contributed by atoms with Crippen molar-refractivity contribution in [3.05, 3.63) is 0 Å². The summed E-state index contributed by atoms with van der Waals surface area (Å²) in [5.74, 6) is 0.276. The molecule has 10 atom stereocenters. The highest BCUT2D eigenvalue weighted by atomic mass is 16.7. The van der Waals surface area contributed by atoms with Crippen molar-refractivity contribution in [3.63, 3.8) is 0 Å². The third-order valence-corrected chi connectivity index (χ3v) is 5.85. The van der Waals surface area contributed by atoms with Crippen LogP contribution in [0.2, 0.25) is 0 Å². The smallest absolute Gasteiger partial charge is 0.187 e. The van der Waals surface area contributed by atoms with E-state index in [1.165, 1.54) is 0 Å². The second kappa shape index (κ2) is 12.7. The molecule has 4 unspecified atom stereocenters. The van der Waals surface area contributed by atoms with Gasteiger partial charge in [-0.1, -0.05) is 26.7 Å². The first-order chi connectivity index (χ1) is 14.8. The molecule has 0 bridgehead atoms. The van der Waals surface area contributed by atoms with Crippen LogP contribution in [0.5, 0.6) is 0 Å². The summed E-state index contributed by atoms with van der Waals surface area (Å²) < 4.78 is 22.1. The molecule has 2 heterocycles. The minimum atomic E-state index is -1.70. The molecule has 184 valence electrons. The van der Waals surface area contributed by atoms with Crippen LogP contribution in [0.25, 0.3) is 0 Å². The molecule has 0 radical (unpaired) electrons. The highest BCUT2D eigenvalue weighted by molar-refractivity contribution is 4.94. The van der Waals surface area contributed by atoms with Gasteiger partial charge in [0, 0.05) is 0 Å². The standard InChI is InChI=1S/C20H38O11/c1-3-5-10(6-4-2)9-28-19-17(27)15(25)18(12(8-22)30-19)31-20-16(26)14(24)13(23)11(7-21)29-20/h10-27H,3-9H2,1-2H3/t11-,12-,13?,14+,15-,16?,17-,18?,19-,20?/m1/s1. The first-order valence-electron chi connectivity index (χ1n) is 11.0. The summed E-state index contributed by atoms with van der Waals surface area (Å²) in [4.78, 5) is 0. The SMILES string of the molecule is CCCC(CCC)CO[C@@H]1O[C@H](CO)C(OC2O[C@H](CO)C(O)[C@H](O)C2O)[C@H](O)[C@H]1O. The fourth-order valence-corrected chi connectivity index (χ4v) is 4.05. The molecule has 2 aliphatic rings. The Kier molecular flexibility index (Phi) is 11.0. The maximum Gasteiger partial charge on any atom is 0.187 e. The predicted octanol–water partition coefficient (Wildman–Crippen LogP) is -2.16. The van der Waals surface area contributed by atoms with E-state index in [-0.39, 0.29) is 5.92 Å². The van der Waals surface area contributed by atoms with E-state index in [1.807, 2.05) is 0 Å². The molecule has 31 heavy (non-hydrogen) atoms. The van der Waals surface area contributed by atoms with E-state index in [4.69, 9.17) is 18.9 Å². The topological polar surface area (TPSA) is 179 Å². The second-order valence-corrected chi connectivity index (χ2v) is 8.28. The Bertz CT molecular complexity index is 500. The van der Waals surface area contributed by atoms with Crippen molar-refractivity contribution in [2.24, 2.45) is 5.92 Å². The molecule has 0 spiro atoms. The molecule has 0 saturated carbocycles. The van der Waals surface area contributed by atoms with Crippen LogP contribution in [0.1, 0.15) is 39.5 Å². The maximum atomic E-state index is 10.6. The monoisotopic (exact) mass is 454 g/mol. The quantitative estimate of drug-likeness (QED) is 0.181. The number of ether oxygens (including phenoxy) is 4. The fourth-order valence-electron chi connectivity index (χ4n) is 4.05. The van der Waals surface area contributed by atoms with Crippen molar-refractivity contribution in [1.29, 1.82) is 0 Å². The van der Waals surface area contributed by atoms with Gasteiger partial charge in [-0.05, 0) is 18.8 Å². The van der Waals surface area contributed by atoms with Crippen molar-refractivity contribution in [2.75, 3.05) is 19.8 Å². The Labute approximate surface area is 182 Å². The number of rotatable bonds is 11. The molecule has 0 amide bonds. The summed E-state index contributed by atoms with van der Waals surface area (Å²) in [6.45, 7) is 3.24. The van der Waals surface area contributed by atoms with Gasteiger partial charge in [-0.15, -0.1) is 0 Å². The lowest BCUT2D eigenvalue weighted by atomic mass is 9.96. The first-order valence-corrected chi connectivity index (χ1v) is 11.0. The molecule has 0 aliphatic carbocycles. The third-order valence-electron chi connectivity index (χ3n) is 5.85. The van der Waals surface area contributed by atoms with Crippen LogP contribution < -0.4 is 0 Å². The normalized spacial score (nSPS) is 41.6. The average Bonchev–Trinajstić information content (AvgIpc) is 2.76. The van der Waals surface area contributed by atoms with Crippen LogP contribution in [0.3, 0.4) is 0 Å². The molecule has 2 saturated heterocycles. The summed E-state index contributed by atoms with van der Waals surface area (Å²) in [7, 11) is 0. The van der Waals surface area contributed by atoms with Gasteiger partial charge in [-0.25, -0.2) is 0 Å². The van der Waals surface area contributed by atoms with Crippen LogP contribution in [-0.2, 0) is 18.9 Å². The van der Waals surface area contributed by atoms with Crippen LogP contribution >= 0.6 is 0 Å². The second-order valence-electron chi connectivity index (χ2n) is 8.28. The Morgan fingerprint density at radius 3 is 1.81 bits per heavy atom. The maximum absolute atomic E-state index is 10.6. The van der Waals surface area contributed by atoms with E-state index >= 15 is 0 Å². The predicted molar refractivity (Wildman–Crippen MR) is 106 cm³/mol. The van der Waals surface area contributed by atoms with Gasteiger partial charge >= 0.3 is 0 Å². The lowest BCUT2D eigenvalue weighted by Crippen LogP contribution is -2.64. The van der Waals surface area contributed by atoms with Crippen molar-refractivity contribution in [3.8, 4) is 0 Å². The van der Waals surface area contributed by atoms with Gasteiger partial charge in [0.1, 0.15) is 48.8 Å². The van der Waals surface area contributed by atoms with E-state index in [2.05, 4.69) is 13.8 Å². The molecular weight excluding hydrogens is 416 g/mol. The molecule has 2 fully saturated rings. The Hall–Kier alpha value is -0.440. The Morgan fingerprint density at radius 2 is 1.26 bits per heavy atom. The average molecular weight is 455 g/mol. The van der Waals surface area contributed by atoms with Gasteiger partial charge in [0.05, 0.1) is 19.8 Å². The Balaban J connectivity index is 2.03. The summed E-state index contributed by atoms with van der Waals surface area (Å²) in [6.07, 6.45) is -10.5. The first kappa shape index (κ1) is 26.8. The van der Waals surface area contributed by atoms with Gasteiger partial charge in [-0.2, -0.15) is 0 Å². The zero-order chi connectivity index (χ0) is 23.1. The van der Waals surface area contributed by atoms with Crippen molar-refractivity contribution < 1.29 is 54.7 Å². The lowest BCUT2D eigenvalue weighted by molar-refractivity contribution is -0.360. The van der Waals surface area contributed by atoms with E-state index < -0.39 is 74.6 Å². The van der Waals surface area contributed by atoms with E-state index in [1.54, 1.807) is 0 Å². The van der Waals surface area contributed by atoms with E-state index in [0.29, 0.717) is 6.61 Å². The van der Waals surface area contributed by atoms with Gasteiger partial charge in [0.25, 0.3) is 0 Å². The highest BCUT2D eigenvalue weighted by Gasteiger charge is 2.50. The zero-order valence-electron chi connectivity index (χ0n) is 18.1. The minimum absolute atomic E-state index is 0.276. The van der Waals surface area contributed by atoms with Crippen molar-refractivity contribution in [1.82, 2.24) is 0 Å². The van der Waals surface area contributed by atoms with Gasteiger partial charge in [-0.3, -0.25) is 0 Å². The molecular formula is C20H38O11. The van der Waals surface area contributed by atoms with Crippen LogP contribution in [0.15, 0.2) is 0 Å². The molecule has 0 aromatic carbocycles. The van der Waals surface area contributed by atoms with Crippen molar-refractivity contribution in [2.45, 2.75) is 101 Å². The Morgan fingerprint density at radius 1 is 0.710 bits per heavy atom.